The average Bonchev–Trinajstić information content (AvgIpc) is 2.73. The summed E-state index contributed by atoms with van der Waals surface area (Å²) in [7, 11) is 0. The lowest BCUT2D eigenvalue weighted by Crippen LogP contribution is -1.96. The molecule has 18 heavy (non-hydrogen) atoms. The molecule has 2 rings (SSSR count). The number of benzene rings is 1. The predicted octanol–water partition coefficient (Wildman–Crippen LogP) is 3.30. The molecule has 0 radical (unpaired) electrons. The maximum atomic E-state index is 12.9. The number of hydrogen-bond donors (Lipinski definition) is 1. The molecule has 1 heterocycles. The lowest BCUT2D eigenvalue weighted by molar-refractivity contribution is 0.0702. The number of halogens is 2. The van der Waals surface area contributed by atoms with Gasteiger partial charge in [0, 0.05) is 17.5 Å². The fraction of sp³-hybridized carbons (Fsp3) is 0.0833. The van der Waals surface area contributed by atoms with Crippen LogP contribution in [0.5, 0.6) is 5.75 Å². The first-order valence-electron chi connectivity index (χ1n) is 4.94. The zero-order valence-corrected chi connectivity index (χ0v) is 9.84. The Hall–Kier alpha value is -1.95. The van der Waals surface area contributed by atoms with E-state index in [1.165, 1.54) is 11.4 Å². The van der Waals surface area contributed by atoms with E-state index in [1.807, 2.05) is 0 Å². The molecule has 1 aromatic heterocycles. The molecule has 0 unspecified atom stereocenters. The third-order valence-corrected chi connectivity index (χ3v) is 3.01. The van der Waals surface area contributed by atoms with Gasteiger partial charge in [0.1, 0.15) is 28.9 Å². The Kier molecular flexibility index (Phi) is 3.57. The number of rotatable bonds is 4. The summed E-state index contributed by atoms with van der Waals surface area (Å²) in [6.45, 7) is -0.0233. The van der Waals surface area contributed by atoms with Crippen molar-refractivity contribution in [3.63, 3.8) is 0 Å². The van der Waals surface area contributed by atoms with E-state index < -0.39 is 17.6 Å². The molecule has 0 atom stereocenters. The number of ether oxygens (including phenoxy) is 1. The topological polar surface area (TPSA) is 46.5 Å². The monoisotopic (exact) mass is 270 g/mol. The molecule has 1 N–H and O–H groups in total. The molecule has 0 fully saturated rings. The molecule has 0 bridgehead atoms. The van der Waals surface area contributed by atoms with Crippen LogP contribution >= 0.6 is 11.3 Å². The van der Waals surface area contributed by atoms with E-state index in [1.54, 1.807) is 0 Å². The van der Waals surface area contributed by atoms with Crippen LogP contribution < -0.4 is 4.74 Å². The van der Waals surface area contributed by atoms with Crippen molar-refractivity contribution in [2.75, 3.05) is 0 Å². The predicted molar refractivity (Wildman–Crippen MR) is 62.0 cm³/mol. The molecule has 0 aliphatic carbocycles. The van der Waals surface area contributed by atoms with Crippen molar-refractivity contribution in [2.24, 2.45) is 0 Å². The Bertz CT molecular complexity index is 560. The van der Waals surface area contributed by atoms with Crippen LogP contribution in [-0.4, -0.2) is 11.1 Å². The Morgan fingerprint density at radius 1 is 1.22 bits per heavy atom. The van der Waals surface area contributed by atoms with Gasteiger partial charge in [0.25, 0.3) is 0 Å². The van der Waals surface area contributed by atoms with Gasteiger partial charge >= 0.3 is 5.97 Å². The zero-order chi connectivity index (χ0) is 13.1. The number of hydrogen-bond acceptors (Lipinski definition) is 3. The lowest BCUT2D eigenvalue weighted by atomic mass is 10.2. The summed E-state index contributed by atoms with van der Waals surface area (Å²) in [4.78, 5) is 10.8. The lowest BCUT2D eigenvalue weighted by Gasteiger charge is -2.04. The number of thiophene rings is 1. The number of carboxylic acids is 1. The summed E-state index contributed by atoms with van der Waals surface area (Å²) < 4.78 is 31.0. The van der Waals surface area contributed by atoms with E-state index in [0.717, 1.165) is 29.5 Å². The van der Waals surface area contributed by atoms with Gasteiger partial charge in [-0.3, -0.25) is 0 Å². The summed E-state index contributed by atoms with van der Waals surface area (Å²) in [5, 5.41) is 10.2. The fourth-order valence-electron chi connectivity index (χ4n) is 1.37. The highest BCUT2D eigenvalue weighted by molar-refractivity contribution is 7.12. The molecule has 0 aliphatic rings. The molecule has 1 aromatic carbocycles. The van der Waals surface area contributed by atoms with Gasteiger partial charge in [-0.2, -0.15) is 0 Å². The minimum absolute atomic E-state index is 0.0233. The second kappa shape index (κ2) is 5.14. The number of carboxylic acid groups (broad SMARTS) is 1. The normalized spacial score (nSPS) is 10.3. The van der Waals surface area contributed by atoms with Crippen LogP contribution in [-0.2, 0) is 6.61 Å². The maximum absolute atomic E-state index is 12.9. The van der Waals surface area contributed by atoms with Crippen molar-refractivity contribution in [1.29, 1.82) is 0 Å². The second-order valence-electron chi connectivity index (χ2n) is 3.52. The van der Waals surface area contributed by atoms with Gasteiger partial charge in [-0.05, 0) is 17.7 Å². The van der Waals surface area contributed by atoms with E-state index in [2.05, 4.69) is 0 Å². The highest BCUT2D eigenvalue weighted by atomic mass is 32.1. The Labute approximate surface area is 105 Å². The molecular weight excluding hydrogens is 262 g/mol. The smallest absolute Gasteiger partial charge is 0.346 e. The summed E-state index contributed by atoms with van der Waals surface area (Å²) in [6, 6.07) is 4.46. The quantitative estimate of drug-likeness (QED) is 0.927. The van der Waals surface area contributed by atoms with E-state index in [9.17, 15) is 13.6 Å². The molecule has 0 saturated carbocycles. The first kappa shape index (κ1) is 12.5. The summed E-state index contributed by atoms with van der Waals surface area (Å²) >= 11 is 1.03. The zero-order valence-electron chi connectivity index (χ0n) is 9.02. The van der Waals surface area contributed by atoms with Gasteiger partial charge in [0.05, 0.1) is 0 Å². The van der Waals surface area contributed by atoms with Crippen molar-refractivity contribution in [2.45, 2.75) is 6.61 Å². The molecule has 6 heteroatoms. The van der Waals surface area contributed by atoms with Crippen molar-refractivity contribution in [3.8, 4) is 5.75 Å². The van der Waals surface area contributed by atoms with Crippen LogP contribution in [0, 0.1) is 11.6 Å². The number of aromatic carboxylic acids is 1. The van der Waals surface area contributed by atoms with E-state index >= 15 is 0 Å². The van der Waals surface area contributed by atoms with Crippen LogP contribution in [0.1, 0.15) is 15.2 Å². The van der Waals surface area contributed by atoms with Gasteiger partial charge in [0.2, 0.25) is 0 Å². The molecule has 3 nitrogen and oxygen atoms in total. The van der Waals surface area contributed by atoms with Crippen molar-refractivity contribution < 1.29 is 23.4 Å². The first-order chi connectivity index (χ1) is 8.54. The van der Waals surface area contributed by atoms with Crippen LogP contribution in [0.2, 0.25) is 0 Å². The largest absolute Gasteiger partial charge is 0.488 e. The summed E-state index contributed by atoms with van der Waals surface area (Å²) in [5.74, 6) is -2.02. The minimum Gasteiger partial charge on any atom is -0.488 e. The molecule has 2 aromatic rings. The van der Waals surface area contributed by atoms with Gasteiger partial charge in [-0.1, -0.05) is 0 Å². The third-order valence-electron chi connectivity index (χ3n) is 2.11. The van der Waals surface area contributed by atoms with Gasteiger partial charge in [0.15, 0.2) is 0 Å². The van der Waals surface area contributed by atoms with E-state index in [-0.39, 0.29) is 11.5 Å². The van der Waals surface area contributed by atoms with Gasteiger partial charge in [-0.15, -0.1) is 11.3 Å². The minimum atomic E-state index is -1.04. The van der Waals surface area contributed by atoms with Crippen LogP contribution in [0.15, 0.2) is 29.6 Å². The molecule has 94 valence electrons. The second-order valence-corrected chi connectivity index (χ2v) is 4.43. The van der Waals surface area contributed by atoms with E-state index in [4.69, 9.17) is 9.84 Å². The van der Waals surface area contributed by atoms with Gasteiger partial charge in [-0.25, -0.2) is 13.6 Å². The average molecular weight is 270 g/mol. The maximum Gasteiger partial charge on any atom is 0.346 e. The Balaban J connectivity index is 2.04. The summed E-state index contributed by atoms with van der Waals surface area (Å²) in [6.07, 6.45) is 0. The standard InChI is InChI=1S/C12H8F2O3S/c13-8-1-7(2-9(14)3-8)5-17-10-4-11(12(15)16)18-6-10/h1-4,6H,5H2,(H,15,16). The SMILES string of the molecule is O=C(O)c1cc(OCc2cc(F)cc(F)c2)cs1. The Morgan fingerprint density at radius 2 is 1.89 bits per heavy atom. The molecule has 0 spiro atoms. The van der Waals surface area contributed by atoms with Crippen LogP contribution in [0.4, 0.5) is 8.78 Å². The molecule has 0 amide bonds. The first-order valence-corrected chi connectivity index (χ1v) is 5.82. The van der Waals surface area contributed by atoms with Crippen LogP contribution in [0.25, 0.3) is 0 Å². The van der Waals surface area contributed by atoms with E-state index in [0.29, 0.717) is 11.3 Å². The molecule has 0 saturated heterocycles. The van der Waals surface area contributed by atoms with Crippen molar-refractivity contribution >= 4 is 17.3 Å². The van der Waals surface area contributed by atoms with Crippen LogP contribution in [0.3, 0.4) is 0 Å². The van der Waals surface area contributed by atoms with Gasteiger partial charge < -0.3 is 9.84 Å². The van der Waals surface area contributed by atoms with Crippen molar-refractivity contribution in [3.05, 3.63) is 51.7 Å². The summed E-state index contributed by atoms with van der Waals surface area (Å²) in [5.41, 5.74) is 0.343. The number of carbonyl (C=O) groups is 1. The molecular formula is C12H8F2O3S. The highest BCUT2D eigenvalue weighted by Crippen LogP contribution is 2.22. The Morgan fingerprint density at radius 3 is 2.44 bits per heavy atom. The highest BCUT2D eigenvalue weighted by Gasteiger charge is 2.08. The fourth-order valence-corrected chi connectivity index (χ4v) is 2.03. The third kappa shape index (κ3) is 3.04. The molecule has 0 aliphatic heterocycles. The van der Waals surface area contributed by atoms with Crippen molar-refractivity contribution in [1.82, 2.24) is 0 Å².